The second kappa shape index (κ2) is 30.6. The summed E-state index contributed by atoms with van der Waals surface area (Å²) in [5.41, 5.74) is 22.7. The quantitative estimate of drug-likeness (QED) is 0.0371. The van der Waals surface area contributed by atoms with E-state index < -0.39 is 16.1 Å². The minimum absolute atomic E-state index is 0.0467. The molecule has 588 valence electrons. The third-order valence-corrected chi connectivity index (χ3v) is 35.8. The third-order valence-electron chi connectivity index (χ3n) is 26.1. The Balaban J connectivity index is 0.805. The van der Waals surface area contributed by atoms with Crippen LogP contribution in [0, 0.1) is 52.5 Å². The van der Waals surface area contributed by atoms with Gasteiger partial charge in [-0.2, -0.15) is 5.26 Å². The standard InChI is InChI=1S/C114H92N4O2Si2/c1-71(2)100-68-107(117(105-28-18-26-96-92-24-12-14-30-109(92)119-113(96)105)103-62-44-81(64-83(103)70-115)79-20-16-22-90(65-79)121(84-46-32-73(5)33-47-84,85-48-34-74(6)35-49-85)86-50-36-75(7)37-51-86)98-60-58-95-101(72(3)4)69-108(99-61-59-94(100)111(98)112(95)99)118(106-29-19-27-97-93-25-13-15-31-110(93)120-114(97)106)104-63-45-82(67-102(104)116-11)80-21-17-23-91(66-80)122(87-52-38-76(8)39-53-87,88-54-40-77(9)41-55-88)89-56-42-78(10)43-57-89/h12-36,38-50,52-69,71-72H,37,51H2,1-10H3. The van der Waals surface area contributed by atoms with E-state index in [-0.39, 0.29) is 11.8 Å². The second-order valence-corrected chi connectivity index (χ2v) is 42.1. The molecule has 6 nitrogen and oxygen atoms in total. The molecule has 0 bridgehead atoms. The minimum Gasteiger partial charge on any atom is -0.454 e. The number of nitrogens with zero attached hydrogens (tertiary/aromatic N) is 4. The van der Waals surface area contributed by atoms with E-state index in [2.05, 4.69) is 405 Å². The van der Waals surface area contributed by atoms with Crippen LogP contribution in [0.4, 0.5) is 39.8 Å². The summed E-state index contributed by atoms with van der Waals surface area (Å²) >= 11 is 0. The summed E-state index contributed by atoms with van der Waals surface area (Å²) in [6.45, 7) is 31.8. The Labute approximate surface area is 716 Å². The van der Waals surface area contributed by atoms with Crippen molar-refractivity contribution in [3.8, 4) is 28.3 Å². The van der Waals surface area contributed by atoms with Gasteiger partial charge in [0.15, 0.2) is 27.3 Å². The fourth-order valence-corrected chi connectivity index (χ4v) is 29.6. The number of rotatable bonds is 18. The normalized spacial score (nSPS) is 12.7. The average Bonchev–Trinajstić information content (AvgIpc) is 1.08. The summed E-state index contributed by atoms with van der Waals surface area (Å²) in [6.07, 6.45) is 6.76. The van der Waals surface area contributed by atoms with Gasteiger partial charge in [-0.1, -0.05) is 345 Å². The molecule has 0 amide bonds. The van der Waals surface area contributed by atoms with Gasteiger partial charge in [-0.25, -0.2) is 4.85 Å². The molecule has 8 heteroatoms. The van der Waals surface area contributed by atoms with Crippen molar-refractivity contribution >= 4 is 168 Å². The molecule has 122 heavy (non-hydrogen) atoms. The molecule has 0 fully saturated rings. The molecule has 17 aromatic carbocycles. The molecule has 0 atom stereocenters. The van der Waals surface area contributed by atoms with Crippen molar-refractivity contribution in [1.29, 1.82) is 5.26 Å². The van der Waals surface area contributed by atoms with Crippen LogP contribution in [0.2, 0.25) is 0 Å². The maximum atomic E-state index is 12.2. The van der Waals surface area contributed by atoms with Crippen LogP contribution in [0.1, 0.15) is 104 Å². The molecular weight excluding hydrogens is 1510 g/mol. The van der Waals surface area contributed by atoms with Crippen LogP contribution in [-0.4, -0.2) is 16.1 Å². The highest BCUT2D eigenvalue weighted by Crippen LogP contribution is 2.55. The fraction of sp³-hybridized carbons (Fsp3) is 0.123. The first kappa shape index (κ1) is 76.5. The van der Waals surface area contributed by atoms with Gasteiger partial charge in [0, 0.05) is 32.3 Å². The number of para-hydroxylation sites is 4. The Hall–Kier alpha value is -14.1. The second-order valence-electron chi connectivity index (χ2n) is 34.4. The molecule has 0 radical (unpaired) electrons. The predicted molar refractivity (Wildman–Crippen MR) is 520 cm³/mol. The molecule has 0 spiro atoms. The Morgan fingerprint density at radius 2 is 0.713 bits per heavy atom. The van der Waals surface area contributed by atoms with Gasteiger partial charge in [0.25, 0.3) is 0 Å². The summed E-state index contributed by atoms with van der Waals surface area (Å²) in [6, 6.07) is 124. The summed E-state index contributed by atoms with van der Waals surface area (Å²) < 4.78 is 14.3. The molecule has 0 N–H and O–H groups in total. The smallest absolute Gasteiger partial charge is 0.211 e. The van der Waals surface area contributed by atoms with Crippen LogP contribution >= 0.6 is 0 Å². The highest BCUT2D eigenvalue weighted by Gasteiger charge is 2.45. The van der Waals surface area contributed by atoms with Crippen molar-refractivity contribution in [3.63, 3.8) is 0 Å². The molecule has 2 aromatic heterocycles. The highest BCUT2D eigenvalue weighted by molar-refractivity contribution is 7.20. The first-order chi connectivity index (χ1) is 59.5. The monoisotopic (exact) mass is 1600 g/mol. The van der Waals surface area contributed by atoms with Gasteiger partial charge in [0.1, 0.15) is 17.2 Å². The average molecular weight is 1610 g/mol. The fourth-order valence-electron chi connectivity index (χ4n) is 19.9. The lowest BCUT2D eigenvalue weighted by atomic mass is 9.84. The molecule has 0 saturated carbocycles. The van der Waals surface area contributed by atoms with Gasteiger partial charge in [0.2, 0.25) is 5.69 Å². The number of fused-ring (bicyclic) bond motifs is 6. The molecule has 0 unspecified atom stereocenters. The largest absolute Gasteiger partial charge is 0.454 e. The number of nitriles is 1. The van der Waals surface area contributed by atoms with Crippen LogP contribution < -0.4 is 46.1 Å². The molecule has 0 aliphatic heterocycles. The van der Waals surface area contributed by atoms with Crippen molar-refractivity contribution in [3.05, 3.63) is 406 Å². The van der Waals surface area contributed by atoms with E-state index in [9.17, 15) is 11.8 Å². The Morgan fingerprint density at radius 3 is 1.14 bits per heavy atom. The van der Waals surface area contributed by atoms with Gasteiger partial charge in [-0.3, -0.25) is 0 Å². The third kappa shape index (κ3) is 12.6. The summed E-state index contributed by atoms with van der Waals surface area (Å²) in [5, 5.41) is 33.3. The number of furan rings is 2. The predicted octanol–water partition coefficient (Wildman–Crippen LogP) is 26.9. The Bertz CT molecular complexity index is 7380. The van der Waals surface area contributed by atoms with Crippen LogP contribution in [0.15, 0.2) is 359 Å². The SMILES string of the molecule is [C-]#[N+]c1cc(-c2cccc([Si](c3ccc(C)cc3)(c3ccc(C)cc3)c3ccc(C)cc3)c2)ccc1N(c1cc(C(C)C)c2ccc3c(N(c4ccc(-c5cccc([Si](C6=CC=C(C)CC6)(c6ccc(C)cc6)c6ccc(C)cc6)c5)cc4C#N)c4cccc5c4oc4ccccc45)cc(C(C)C)c4ccc1c2c43)c1cccc2c1oc1ccccc12. The van der Waals surface area contributed by atoms with Gasteiger partial charge in [0.05, 0.1) is 46.3 Å². The minimum atomic E-state index is -3.00. The van der Waals surface area contributed by atoms with Gasteiger partial charge >= 0.3 is 0 Å². The Kier molecular flexibility index (Phi) is 19.2. The summed E-state index contributed by atoms with van der Waals surface area (Å²) in [4.78, 5) is 9.26. The molecule has 2 heterocycles. The summed E-state index contributed by atoms with van der Waals surface area (Å²) in [5.74, 6) is 0.0938. The van der Waals surface area contributed by atoms with Crippen molar-refractivity contribution in [2.75, 3.05) is 9.80 Å². The van der Waals surface area contributed by atoms with Crippen molar-refractivity contribution in [2.45, 2.75) is 93.9 Å². The lowest BCUT2D eigenvalue weighted by Gasteiger charge is -2.38. The lowest BCUT2D eigenvalue weighted by molar-refractivity contribution is 0.668. The van der Waals surface area contributed by atoms with Gasteiger partial charge < -0.3 is 18.6 Å². The highest BCUT2D eigenvalue weighted by atomic mass is 28.3. The molecule has 1 aliphatic carbocycles. The van der Waals surface area contributed by atoms with Gasteiger partial charge in [-0.15, -0.1) is 0 Å². The topological polar surface area (TPSA) is 60.9 Å². The lowest BCUT2D eigenvalue weighted by Crippen LogP contribution is -2.74. The zero-order valence-corrected chi connectivity index (χ0v) is 72.5. The molecule has 20 rings (SSSR count). The van der Waals surface area contributed by atoms with E-state index >= 15 is 0 Å². The summed E-state index contributed by atoms with van der Waals surface area (Å²) in [7, 11) is -5.93. The zero-order valence-electron chi connectivity index (χ0n) is 70.5. The molecule has 0 saturated heterocycles. The van der Waals surface area contributed by atoms with E-state index in [1.165, 1.54) is 74.9 Å². The number of hydrogen-bond acceptors (Lipinski definition) is 5. The molecular formula is C114H92N4O2Si2. The number of hydrogen-bond donors (Lipinski definition) is 0. The number of aryl methyl sites for hydroxylation is 5. The number of anilines is 6. The molecule has 19 aromatic rings. The van der Waals surface area contributed by atoms with Gasteiger partial charge in [-0.05, 0) is 218 Å². The van der Waals surface area contributed by atoms with Crippen LogP contribution in [0.25, 0.3) is 103 Å². The Morgan fingerprint density at radius 1 is 0.328 bits per heavy atom. The first-order valence-electron chi connectivity index (χ1n) is 42.7. The van der Waals surface area contributed by atoms with Crippen LogP contribution in [-0.2, 0) is 0 Å². The molecule has 1 aliphatic rings. The first-order valence-corrected chi connectivity index (χ1v) is 46.7. The van der Waals surface area contributed by atoms with E-state index in [0.29, 0.717) is 11.3 Å². The maximum Gasteiger partial charge on any atom is 0.211 e. The van der Waals surface area contributed by atoms with Crippen molar-refractivity contribution in [2.24, 2.45) is 0 Å². The van der Waals surface area contributed by atoms with E-state index in [4.69, 9.17) is 8.83 Å². The van der Waals surface area contributed by atoms with Crippen molar-refractivity contribution < 1.29 is 8.83 Å². The zero-order chi connectivity index (χ0) is 83.4. The van der Waals surface area contributed by atoms with Crippen LogP contribution in [0.3, 0.4) is 0 Å². The van der Waals surface area contributed by atoms with E-state index in [0.717, 1.165) is 157 Å². The number of benzene rings is 17. The number of allylic oxidation sites excluding steroid dienone is 4. The van der Waals surface area contributed by atoms with E-state index in [1.54, 1.807) is 0 Å². The van der Waals surface area contributed by atoms with Crippen LogP contribution in [0.5, 0.6) is 0 Å². The maximum absolute atomic E-state index is 12.2. The van der Waals surface area contributed by atoms with Crippen molar-refractivity contribution in [1.82, 2.24) is 0 Å². The van der Waals surface area contributed by atoms with E-state index in [1.807, 2.05) is 24.3 Å².